The molecule has 2 rings (SSSR count). The zero-order chi connectivity index (χ0) is 14.4. The highest BCUT2D eigenvalue weighted by atomic mass is 32.2. The van der Waals surface area contributed by atoms with Gasteiger partial charge in [-0.25, -0.2) is 0 Å². The Morgan fingerprint density at radius 3 is 2.85 bits per heavy atom. The number of anilines is 1. The molecular weight excluding hydrogens is 292 g/mol. The zero-order valence-electron chi connectivity index (χ0n) is 11.2. The molecule has 0 radical (unpaired) electrons. The first kappa shape index (κ1) is 14.9. The van der Waals surface area contributed by atoms with Gasteiger partial charge in [-0.3, -0.25) is 10.1 Å². The highest BCUT2D eigenvalue weighted by Crippen LogP contribution is 2.34. The minimum Gasteiger partial charge on any atom is -0.379 e. The van der Waals surface area contributed by atoms with Gasteiger partial charge in [0.1, 0.15) is 5.69 Å². The van der Waals surface area contributed by atoms with Crippen LogP contribution in [0.15, 0.2) is 39.9 Å². The van der Waals surface area contributed by atoms with Crippen LogP contribution in [0, 0.1) is 10.1 Å². The molecule has 0 unspecified atom stereocenters. The standard InChI is InChI=1S/C14H16N2O2S2/c1-2-8-15-14-11(5-3-6-12(14)16(17)18)10-20-13-7-4-9-19-13/h3-7,9,15H,2,8,10H2,1H3. The Morgan fingerprint density at radius 1 is 1.35 bits per heavy atom. The third-order valence-corrected chi connectivity index (χ3v) is 4.92. The summed E-state index contributed by atoms with van der Waals surface area (Å²) in [5.74, 6) is 0.730. The van der Waals surface area contributed by atoms with Crippen molar-refractivity contribution in [2.75, 3.05) is 11.9 Å². The van der Waals surface area contributed by atoms with Gasteiger partial charge < -0.3 is 5.32 Å². The van der Waals surface area contributed by atoms with Gasteiger partial charge in [0, 0.05) is 18.4 Å². The third-order valence-electron chi connectivity index (χ3n) is 2.74. The molecule has 0 fully saturated rings. The summed E-state index contributed by atoms with van der Waals surface area (Å²) in [6.07, 6.45) is 0.934. The summed E-state index contributed by atoms with van der Waals surface area (Å²) in [7, 11) is 0. The third kappa shape index (κ3) is 3.74. The average molecular weight is 308 g/mol. The highest BCUT2D eigenvalue weighted by Gasteiger charge is 2.16. The molecular formula is C14H16N2O2S2. The van der Waals surface area contributed by atoms with Gasteiger partial charge in [-0.05, 0) is 23.4 Å². The predicted molar refractivity (Wildman–Crippen MR) is 85.8 cm³/mol. The van der Waals surface area contributed by atoms with Crippen molar-refractivity contribution < 1.29 is 4.92 Å². The molecule has 1 aromatic carbocycles. The maximum Gasteiger partial charge on any atom is 0.292 e. The summed E-state index contributed by atoms with van der Waals surface area (Å²) in [5, 5.41) is 16.4. The summed E-state index contributed by atoms with van der Waals surface area (Å²) in [6.45, 7) is 2.78. The monoisotopic (exact) mass is 308 g/mol. The molecule has 1 aromatic heterocycles. The van der Waals surface area contributed by atoms with E-state index in [1.54, 1.807) is 35.2 Å². The summed E-state index contributed by atoms with van der Waals surface area (Å²) in [6, 6.07) is 9.32. The van der Waals surface area contributed by atoms with Crippen molar-refractivity contribution in [3.8, 4) is 0 Å². The first-order valence-electron chi connectivity index (χ1n) is 6.38. The summed E-state index contributed by atoms with van der Waals surface area (Å²) >= 11 is 3.39. The van der Waals surface area contributed by atoms with E-state index in [9.17, 15) is 10.1 Å². The molecule has 2 aromatic rings. The lowest BCUT2D eigenvalue weighted by Crippen LogP contribution is -2.06. The number of rotatable bonds is 7. The topological polar surface area (TPSA) is 55.2 Å². The van der Waals surface area contributed by atoms with Crippen LogP contribution in [-0.2, 0) is 5.75 Å². The number of nitro groups is 1. The van der Waals surface area contributed by atoms with Crippen molar-refractivity contribution in [1.82, 2.24) is 0 Å². The van der Waals surface area contributed by atoms with Crippen molar-refractivity contribution in [3.05, 3.63) is 51.4 Å². The van der Waals surface area contributed by atoms with E-state index >= 15 is 0 Å². The number of nitrogens with zero attached hydrogens (tertiary/aromatic N) is 1. The van der Waals surface area contributed by atoms with Crippen LogP contribution in [0.1, 0.15) is 18.9 Å². The van der Waals surface area contributed by atoms with Crippen LogP contribution < -0.4 is 5.32 Å². The lowest BCUT2D eigenvalue weighted by Gasteiger charge is -2.11. The summed E-state index contributed by atoms with van der Waals surface area (Å²) in [5.41, 5.74) is 1.79. The second-order valence-corrected chi connectivity index (χ2v) is 6.44. The number of nitrogens with one attached hydrogen (secondary N) is 1. The zero-order valence-corrected chi connectivity index (χ0v) is 12.8. The SMILES string of the molecule is CCCNc1c(CSc2cccs2)cccc1[N+](=O)[O-]. The Kier molecular flexibility index (Phi) is 5.43. The normalized spacial score (nSPS) is 10.4. The van der Waals surface area contributed by atoms with Gasteiger partial charge in [-0.1, -0.05) is 25.1 Å². The Morgan fingerprint density at radius 2 is 2.20 bits per heavy atom. The van der Waals surface area contributed by atoms with Crippen molar-refractivity contribution in [3.63, 3.8) is 0 Å². The van der Waals surface area contributed by atoms with Crippen LogP contribution in [0.5, 0.6) is 0 Å². The van der Waals surface area contributed by atoms with Crippen LogP contribution >= 0.6 is 23.1 Å². The Labute approximate surface area is 126 Å². The van der Waals surface area contributed by atoms with Crippen LogP contribution in [0.2, 0.25) is 0 Å². The molecule has 0 aliphatic heterocycles. The van der Waals surface area contributed by atoms with E-state index < -0.39 is 0 Å². The second-order valence-electron chi connectivity index (χ2n) is 4.22. The molecule has 0 bridgehead atoms. The van der Waals surface area contributed by atoms with Crippen LogP contribution in [-0.4, -0.2) is 11.5 Å². The molecule has 0 aliphatic carbocycles. The van der Waals surface area contributed by atoms with Gasteiger partial charge in [0.05, 0.1) is 9.13 Å². The first-order valence-corrected chi connectivity index (χ1v) is 8.25. The molecule has 0 atom stereocenters. The average Bonchev–Trinajstić information content (AvgIpc) is 2.96. The first-order chi connectivity index (χ1) is 9.72. The lowest BCUT2D eigenvalue weighted by molar-refractivity contribution is -0.384. The van der Waals surface area contributed by atoms with E-state index in [0.29, 0.717) is 5.69 Å². The van der Waals surface area contributed by atoms with Crippen LogP contribution in [0.3, 0.4) is 0 Å². The minimum atomic E-state index is -0.322. The predicted octanol–water partition coefficient (Wildman–Crippen LogP) is 4.77. The molecule has 4 nitrogen and oxygen atoms in total. The van der Waals surface area contributed by atoms with Crippen molar-refractivity contribution in [1.29, 1.82) is 0 Å². The van der Waals surface area contributed by atoms with Gasteiger partial charge in [0.2, 0.25) is 0 Å². The number of hydrogen-bond donors (Lipinski definition) is 1. The highest BCUT2D eigenvalue weighted by molar-refractivity contribution is 8.00. The maximum atomic E-state index is 11.1. The smallest absolute Gasteiger partial charge is 0.292 e. The van der Waals surface area contributed by atoms with Gasteiger partial charge in [-0.15, -0.1) is 23.1 Å². The summed E-state index contributed by atoms with van der Waals surface area (Å²) < 4.78 is 1.22. The molecule has 1 N–H and O–H groups in total. The molecule has 0 saturated heterocycles. The second kappa shape index (κ2) is 7.31. The van der Waals surface area contributed by atoms with Gasteiger partial charge in [0.15, 0.2) is 0 Å². The molecule has 20 heavy (non-hydrogen) atoms. The van der Waals surface area contributed by atoms with Crippen molar-refractivity contribution >= 4 is 34.5 Å². The molecule has 106 valence electrons. The molecule has 0 aliphatic rings. The van der Waals surface area contributed by atoms with E-state index in [4.69, 9.17) is 0 Å². The van der Waals surface area contributed by atoms with Gasteiger partial charge >= 0.3 is 0 Å². The fourth-order valence-corrected chi connectivity index (χ4v) is 3.58. The number of thiophene rings is 1. The number of thioether (sulfide) groups is 1. The molecule has 1 heterocycles. The van der Waals surface area contributed by atoms with E-state index in [1.807, 2.05) is 24.4 Å². The number of hydrogen-bond acceptors (Lipinski definition) is 5. The molecule has 0 spiro atoms. The maximum absolute atomic E-state index is 11.1. The number of para-hydroxylation sites is 1. The van der Waals surface area contributed by atoms with Gasteiger partial charge in [-0.2, -0.15) is 0 Å². The molecule has 0 amide bonds. The van der Waals surface area contributed by atoms with Gasteiger partial charge in [0.25, 0.3) is 5.69 Å². The van der Waals surface area contributed by atoms with Crippen LogP contribution in [0.4, 0.5) is 11.4 Å². The number of benzene rings is 1. The van der Waals surface area contributed by atoms with E-state index in [0.717, 1.165) is 24.3 Å². The molecule has 0 saturated carbocycles. The number of nitro benzene ring substituents is 1. The van der Waals surface area contributed by atoms with E-state index in [-0.39, 0.29) is 10.6 Å². The quantitative estimate of drug-likeness (QED) is 0.455. The largest absolute Gasteiger partial charge is 0.379 e. The minimum absolute atomic E-state index is 0.155. The lowest BCUT2D eigenvalue weighted by atomic mass is 10.1. The van der Waals surface area contributed by atoms with Crippen molar-refractivity contribution in [2.45, 2.75) is 23.3 Å². The summed E-state index contributed by atoms with van der Waals surface area (Å²) in [4.78, 5) is 10.8. The Hall–Kier alpha value is -1.53. The van der Waals surface area contributed by atoms with E-state index in [2.05, 4.69) is 11.4 Å². The van der Waals surface area contributed by atoms with Crippen molar-refractivity contribution in [2.24, 2.45) is 0 Å². The van der Waals surface area contributed by atoms with E-state index in [1.165, 1.54) is 4.21 Å². The Balaban J connectivity index is 2.21. The van der Waals surface area contributed by atoms with Crippen LogP contribution in [0.25, 0.3) is 0 Å². The Bertz CT molecular complexity index is 571. The fraction of sp³-hybridized carbons (Fsp3) is 0.286. The fourth-order valence-electron chi connectivity index (χ4n) is 1.81. The molecule has 6 heteroatoms.